The molecule has 0 aliphatic carbocycles. The predicted octanol–water partition coefficient (Wildman–Crippen LogP) is 4.30. The average molecular weight is 393 g/mol. The Balaban J connectivity index is 1.92. The molecule has 1 heterocycles. The first-order valence-electron chi connectivity index (χ1n) is 7.72. The molecule has 5 nitrogen and oxygen atoms in total. The van der Waals surface area contributed by atoms with Gasteiger partial charge in [-0.05, 0) is 35.9 Å². The van der Waals surface area contributed by atoms with Gasteiger partial charge in [-0.3, -0.25) is 4.72 Å². The van der Waals surface area contributed by atoms with Crippen LogP contribution in [0.4, 0.5) is 18.9 Å². The summed E-state index contributed by atoms with van der Waals surface area (Å²) < 4.78 is 67.8. The molecule has 0 saturated carbocycles. The van der Waals surface area contributed by atoms with Crippen LogP contribution in [0.1, 0.15) is 11.1 Å². The monoisotopic (exact) mass is 393 g/mol. The summed E-state index contributed by atoms with van der Waals surface area (Å²) in [5, 5.41) is 4.70. The Morgan fingerprint density at radius 1 is 1.04 bits per heavy atom. The number of hydrogen-bond donors (Lipinski definition) is 1. The lowest BCUT2D eigenvalue weighted by Crippen LogP contribution is -2.15. The molecule has 2 aromatic carbocycles. The van der Waals surface area contributed by atoms with E-state index in [9.17, 15) is 21.6 Å². The number of sulfonamides is 1. The largest absolute Gasteiger partial charge is 0.418 e. The molecule has 0 saturated heterocycles. The lowest BCUT2D eigenvalue weighted by molar-refractivity contribution is -0.136. The predicted molar refractivity (Wildman–Crippen MR) is 96.6 cm³/mol. The first-order valence-corrected chi connectivity index (χ1v) is 9.26. The molecule has 27 heavy (non-hydrogen) atoms. The molecule has 3 aromatic rings. The molecule has 0 atom stereocenters. The minimum absolute atomic E-state index is 0.162. The summed E-state index contributed by atoms with van der Waals surface area (Å²) in [6.45, 7) is 0. The second kappa shape index (κ2) is 7.28. The quantitative estimate of drug-likeness (QED) is 0.703. The van der Waals surface area contributed by atoms with E-state index in [-0.39, 0.29) is 5.69 Å². The number of aromatic nitrogens is 2. The SMILES string of the molecule is O=S(=O)(/C=C/c1ccccc1)Nc1ccc(-n2cccn2)cc1C(F)(F)F. The molecular formula is C18H14F3N3O2S. The van der Waals surface area contributed by atoms with E-state index in [0.29, 0.717) is 5.56 Å². The van der Waals surface area contributed by atoms with Crippen LogP contribution in [0.15, 0.2) is 72.4 Å². The van der Waals surface area contributed by atoms with E-state index in [1.807, 2.05) is 4.72 Å². The van der Waals surface area contributed by atoms with Crippen LogP contribution in [0, 0.1) is 0 Å². The standard InChI is InChI=1S/C18H14F3N3O2S/c19-18(20,21)16-13-15(24-11-4-10-22-24)7-8-17(16)23-27(25,26)12-9-14-5-2-1-3-6-14/h1-13,23H/b12-9+. The van der Waals surface area contributed by atoms with E-state index in [1.54, 1.807) is 36.4 Å². The van der Waals surface area contributed by atoms with Gasteiger partial charge in [0.05, 0.1) is 22.3 Å². The highest BCUT2D eigenvalue weighted by atomic mass is 32.2. The molecule has 0 aliphatic heterocycles. The van der Waals surface area contributed by atoms with Gasteiger partial charge in [0.1, 0.15) is 0 Å². The second-order valence-electron chi connectivity index (χ2n) is 5.54. The highest BCUT2D eigenvalue weighted by molar-refractivity contribution is 7.95. The van der Waals surface area contributed by atoms with Gasteiger partial charge in [0, 0.05) is 12.4 Å². The molecule has 140 valence electrons. The molecule has 1 N–H and O–H groups in total. The zero-order valence-electron chi connectivity index (χ0n) is 13.8. The molecule has 0 radical (unpaired) electrons. The molecule has 0 spiro atoms. The Hall–Kier alpha value is -3.07. The van der Waals surface area contributed by atoms with Crippen molar-refractivity contribution in [2.45, 2.75) is 6.18 Å². The fraction of sp³-hybridized carbons (Fsp3) is 0.0556. The Labute approximate surface area is 153 Å². The smallest absolute Gasteiger partial charge is 0.280 e. The summed E-state index contributed by atoms with van der Waals surface area (Å²) in [6, 6.07) is 13.4. The van der Waals surface area contributed by atoms with Gasteiger partial charge in [-0.2, -0.15) is 18.3 Å². The van der Waals surface area contributed by atoms with Crippen molar-refractivity contribution in [3.8, 4) is 5.69 Å². The average Bonchev–Trinajstić information content (AvgIpc) is 3.15. The Kier molecular flexibility index (Phi) is 5.04. The fourth-order valence-corrected chi connectivity index (χ4v) is 3.23. The third-order valence-electron chi connectivity index (χ3n) is 3.57. The summed E-state index contributed by atoms with van der Waals surface area (Å²) in [4.78, 5) is 0. The molecule has 3 rings (SSSR count). The van der Waals surface area contributed by atoms with Crippen molar-refractivity contribution in [1.29, 1.82) is 0 Å². The van der Waals surface area contributed by atoms with Crippen molar-refractivity contribution in [3.63, 3.8) is 0 Å². The van der Waals surface area contributed by atoms with Crippen LogP contribution in [0.5, 0.6) is 0 Å². The van der Waals surface area contributed by atoms with Gasteiger partial charge in [0.25, 0.3) is 10.0 Å². The van der Waals surface area contributed by atoms with E-state index in [0.717, 1.165) is 17.5 Å². The van der Waals surface area contributed by atoms with Crippen LogP contribution < -0.4 is 4.72 Å². The molecule has 0 bridgehead atoms. The molecule has 9 heteroatoms. The molecule has 0 unspecified atom stereocenters. The van der Waals surface area contributed by atoms with Gasteiger partial charge in [-0.25, -0.2) is 13.1 Å². The maximum Gasteiger partial charge on any atom is 0.418 e. The van der Waals surface area contributed by atoms with Crippen molar-refractivity contribution in [3.05, 3.63) is 83.5 Å². The minimum atomic E-state index is -4.75. The van der Waals surface area contributed by atoms with Crippen molar-refractivity contribution in [2.75, 3.05) is 4.72 Å². The van der Waals surface area contributed by atoms with Crippen LogP contribution in [0.25, 0.3) is 11.8 Å². The first-order chi connectivity index (χ1) is 12.7. The summed E-state index contributed by atoms with van der Waals surface area (Å²) in [5.41, 5.74) is -0.897. The zero-order valence-corrected chi connectivity index (χ0v) is 14.6. The number of hydrogen-bond acceptors (Lipinski definition) is 3. The van der Waals surface area contributed by atoms with E-state index >= 15 is 0 Å². The highest BCUT2D eigenvalue weighted by Crippen LogP contribution is 2.36. The summed E-state index contributed by atoms with van der Waals surface area (Å²) in [7, 11) is -4.14. The van der Waals surface area contributed by atoms with Crippen LogP contribution >= 0.6 is 0 Å². The highest BCUT2D eigenvalue weighted by Gasteiger charge is 2.34. The van der Waals surface area contributed by atoms with Crippen molar-refractivity contribution < 1.29 is 21.6 Å². The lowest BCUT2D eigenvalue weighted by Gasteiger charge is -2.15. The number of anilines is 1. The number of alkyl halides is 3. The van der Waals surface area contributed by atoms with E-state index < -0.39 is 27.5 Å². The van der Waals surface area contributed by atoms with E-state index in [1.165, 1.54) is 29.2 Å². The molecule has 1 aromatic heterocycles. The van der Waals surface area contributed by atoms with Gasteiger partial charge in [-0.15, -0.1) is 0 Å². The van der Waals surface area contributed by atoms with Crippen LogP contribution in [-0.2, 0) is 16.2 Å². The zero-order chi connectivity index (χ0) is 19.5. The molecule has 0 aliphatic rings. The first kappa shape index (κ1) is 18.7. The maximum absolute atomic E-state index is 13.4. The fourth-order valence-electron chi connectivity index (χ4n) is 2.34. The third kappa shape index (κ3) is 4.76. The van der Waals surface area contributed by atoms with Crippen molar-refractivity contribution >= 4 is 21.8 Å². The summed E-state index contributed by atoms with van der Waals surface area (Å²) in [6.07, 6.45) is -0.530. The summed E-state index contributed by atoms with van der Waals surface area (Å²) >= 11 is 0. The van der Waals surface area contributed by atoms with Gasteiger partial charge < -0.3 is 0 Å². The Morgan fingerprint density at radius 3 is 2.41 bits per heavy atom. The third-order valence-corrected chi connectivity index (χ3v) is 4.57. The van der Waals surface area contributed by atoms with Crippen molar-refractivity contribution in [2.24, 2.45) is 0 Å². The number of nitrogens with one attached hydrogen (secondary N) is 1. The lowest BCUT2D eigenvalue weighted by atomic mass is 10.1. The molecule has 0 fully saturated rings. The van der Waals surface area contributed by atoms with Crippen LogP contribution in [-0.4, -0.2) is 18.2 Å². The minimum Gasteiger partial charge on any atom is -0.280 e. The normalized spacial score (nSPS) is 12.4. The van der Waals surface area contributed by atoms with Crippen molar-refractivity contribution in [1.82, 2.24) is 9.78 Å². The topological polar surface area (TPSA) is 64.0 Å². The Morgan fingerprint density at radius 2 is 1.78 bits per heavy atom. The van der Waals surface area contributed by atoms with Gasteiger partial charge >= 0.3 is 6.18 Å². The van der Waals surface area contributed by atoms with E-state index in [4.69, 9.17) is 0 Å². The summed E-state index contributed by atoms with van der Waals surface area (Å²) in [5.74, 6) is 0. The van der Waals surface area contributed by atoms with Crippen LogP contribution in [0.3, 0.4) is 0 Å². The number of nitrogens with zero attached hydrogens (tertiary/aromatic N) is 2. The van der Waals surface area contributed by atoms with Gasteiger partial charge in [-0.1, -0.05) is 30.3 Å². The Bertz CT molecular complexity index is 1050. The second-order valence-corrected chi connectivity index (χ2v) is 7.11. The number of rotatable bonds is 5. The molecular weight excluding hydrogens is 379 g/mol. The van der Waals surface area contributed by atoms with E-state index in [2.05, 4.69) is 5.10 Å². The maximum atomic E-state index is 13.4. The van der Waals surface area contributed by atoms with Crippen LogP contribution in [0.2, 0.25) is 0 Å². The van der Waals surface area contributed by atoms with Gasteiger partial charge in [0.15, 0.2) is 0 Å². The molecule has 0 amide bonds. The number of benzene rings is 2. The van der Waals surface area contributed by atoms with Gasteiger partial charge in [0.2, 0.25) is 0 Å². The number of halogens is 3.